The van der Waals surface area contributed by atoms with E-state index in [0.717, 1.165) is 22.7 Å². The van der Waals surface area contributed by atoms with E-state index in [4.69, 9.17) is 4.99 Å². The van der Waals surface area contributed by atoms with Crippen molar-refractivity contribution in [2.24, 2.45) is 4.99 Å². The highest BCUT2D eigenvalue weighted by atomic mass is 15.1. The van der Waals surface area contributed by atoms with Gasteiger partial charge in [0.15, 0.2) is 0 Å². The van der Waals surface area contributed by atoms with Crippen LogP contribution in [0.3, 0.4) is 0 Å². The lowest BCUT2D eigenvalue weighted by Gasteiger charge is -2.32. The molecular formula is C49H30N2. The second-order valence-corrected chi connectivity index (χ2v) is 14.2. The third-order valence-electron chi connectivity index (χ3n) is 11.9. The van der Waals surface area contributed by atoms with Gasteiger partial charge in [-0.1, -0.05) is 158 Å². The SMILES string of the molecule is C1=CC2=C(c3ccccc3)N=C(c3ccc4c(c3)C3(c5ccccc5-4)c4ccccc4-c4c3cc3c5c(cccc45)-c4ccccc4-3)NC2C=C1. The van der Waals surface area contributed by atoms with Crippen LogP contribution in [0.1, 0.15) is 33.4 Å². The summed E-state index contributed by atoms with van der Waals surface area (Å²) >= 11 is 0. The molecule has 12 rings (SSSR count). The number of rotatable bonds is 2. The van der Waals surface area contributed by atoms with E-state index in [1.165, 1.54) is 83.1 Å². The molecule has 51 heavy (non-hydrogen) atoms. The van der Waals surface area contributed by atoms with E-state index in [1.807, 2.05) is 0 Å². The highest BCUT2D eigenvalue weighted by molar-refractivity contribution is 6.21. The molecule has 0 fully saturated rings. The minimum absolute atomic E-state index is 0.0508. The molecule has 2 unspecified atom stereocenters. The summed E-state index contributed by atoms with van der Waals surface area (Å²) in [6, 6.07) is 54.3. The Morgan fingerprint density at radius 3 is 2.02 bits per heavy atom. The van der Waals surface area contributed by atoms with Crippen molar-refractivity contribution in [2.45, 2.75) is 11.5 Å². The Labute approximate surface area is 296 Å². The van der Waals surface area contributed by atoms with Crippen LogP contribution in [0.4, 0.5) is 0 Å². The number of nitrogens with zero attached hydrogens (tertiary/aromatic N) is 1. The quantitative estimate of drug-likeness (QED) is 0.199. The molecule has 0 radical (unpaired) electrons. The zero-order valence-corrected chi connectivity index (χ0v) is 27.7. The Kier molecular flexibility index (Phi) is 5.25. The van der Waals surface area contributed by atoms with Crippen molar-refractivity contribution in [1.82, 2.24) is 5.32 Å². The Hall–Kier alpha value is -6.51. The maximum absolute atomic E-state index is 5.39. The van der Waals surface area contributed by atoms with Crippen LogP contribution in [0.15, 0.2) is 180 Å². The predicted octanol–water partition coefficient (Wildman–Crippen LogP) is 11.1. The van der Waals surface area contributed by atoms with Crippen LogP contribution >= 0.6 is 0 Å². The molecule has 0 aromatic heterocycles. The fraction of sp³-hybridized carbons (Fsp3) is 0.0408. The molecule has 7 aromatic rings. The summed E-state index contributed by atoms with van der Waals surface area (Å²) < 4.78 is 0. The maximum atomic E-state index is 5.39. The van der Waals surface area contributed by atoms with Crippen molar-refractivity contribution in [3.05, 3.63) is 209 Å². The summed E-state index contributed by atoms with van der Waals surface area (Å²) in [5.74, 6) is 0.902. The van der Waals surface area contributed by atoms with E-state index in [1.54, 1.807) is 0 Å². The third-order valence-corrected chi connectivity index (χ3v) is 11.9. The van der Waals surface area contributed by atoms with Gasteiger partial charge in [-0.15, -0.1) is 0 Å². The molecule has 0 amide bonds. The van der Waals surface area contributed by atoms with Gasteiger partial charge in [-0.05, 0) is 89.7 Å². The van der Waals surface area contributed by atoms with Gasteiger partial charge in [0, 0.05) is 16.7 Å². The van der Waals surface area contributed by atoms with Gasteiger partial charge in [0.25, 0.3) is 0 Å². The predicted molar refractivity (Wildman–Crippen MR) is 210 cm³/mol. The van der Waals surface area contributed by atoms with Gasteiger partial charge in [-0.3, -0.25) is 0 Å². The average molecular weight is 647 g/mol. The molecule has 1 heterocycles. The van der Waals surface area contributed by atoms with Crippen molar-refractivity contribution in [1.29, 1.82) is 0 Å². The van der Waals surface area contributed by atoms with Crippen molar-refractivity contribution >= 4 is 22.3 Å². The van der Waals surface area contributed by atoms with Crippen molar-refractivity contribution in [2.75, 3.05) is 0 Å². The zero-order chi connectivity index (χ0) is 33.3. The van der Waals surface area contributed by atoms with E-state index in [9.17, 15) is 0 Å². The van der Waals surface area contributed by atoms with Crippen LogP contribution in [0.5, 0.6) is 0 Å². The Bertz CT molecular complexity index is 2830. The molecule has 5 aliphatic rings. The molecule has 1 spiro atoms. The topological polar surface area (TPSA) is 24.4 Å². The zero-order valence-electron chi connectivity index (χ0n) is 27.7. The van der Waals surface area contributed by atoms with E-state index in [-0.39, 0.29) is 6.04 Å². The molecule has 0 saturated carbocycles. The number of hydrogen-bond donors (Lipinski definition) is 1. The smallest absolute Gasteiger partial charge is 0.134 e. The van der Waals surface area contributed by atoms with Gasteiger partial charge < -0.3 is 5.32 Å². The number of hydrogen-bond acceptors (Lipinski definition) is 2. The maximum Gasteiger partial charge on any atom is 0.134 e. The van der Waals surface area contributed by atoms with Gasteiger partial charge in [0.2, 0.25) is 0 Å². The van der Waals surface area contributed by atoms with Crippen LogP contribution in [-0.2, 0) is 5.41 Å². The van der Waals surface area contributed by atoms with E-state index < -0.39 is 5.41 Å². The summed E-state index contributed by atoms with van der Waals surface area (Å²) in [6.45, 7) is 0. The van der Waals surface area contributed by atoms with E-state index in [0.29, 0.717) is 0 Å². The highest BCUT2D eigenvalue weighted by Crippen LogP contribution is 2.65. The first-order chi connectivity index (χ1) is 25.3. The lowest BCUT2D eigenvalue weighted by molar-refractivity contribution is 0.793. The number of fused-ring (bicyclic) bond motifs is 15. The van der Waals surface area contributed by atoms with Gasteiger partial charge in [0.05, 0.1) is 17.2 Å². The Morgan fingerprint density at radius 2 is 1.18 bits per heavy atom. The third kappa shape index (κ3) is 3.40. The number of nitrogens with one attached hydrogen (secondary N) is 1. The molecule has 0 saturated heterocycles. The lowest BCUT2D eigenvalue weighted by atomic mass is 9.70. The molecule has 4 aliphatic carbocycles. The number of benzene rings is 7. The van der Waals surface area contributed by atoms with Crippen LogP contribution in [0.25, 0.3) is 61.0 Å². The standard InChI is InChI=1S/C49H30N2/c1-2-13-29(14-3-1)47-37-19-8-11-24-44(37)50-48(51-47)30-25-26-34-33-17-6-9-22-40(33)49(42(34)27-30)41-23-10-7-18-36(41)46-38-21-12-20-35-31-15-4-5-16-32(31)39(45(35)38)28-43(46)49/h1-28,44H,(H,50,51). The Morgan fingerprint density at radius 1 is 0.490 bits per heavy atom. The minimum Gasteiger partial charge on any atom is -0.359 e. The first-order valence-corrected chi connectivity index (χ1v) is 17.8. The summed E-state index contributed by atoms with van der Waals surface area (Å²) in [5, 5.41) is 6.52. The van der Waals surface area contributed by atoms with Gasteiger partial charge in [-0.25, -0.2) is 4.99 Å². The summed E-state index contributed by atoms with van der Waals surface area (Å²) in [4.78, 5) is 5.39. The lowest BCUT2D eigenvalue weighted by Crippen LogP contribution is -2.39. The average Bonchev–Trinajstić information content (AvgIpc) is 3.80. The molecule has 2 atom stereocenters. The molecule has 236 valence electrons. The fourth-order valence-electron chi connectivity index (χ4n) is 9.87. The summed E-state index contributed by atoms with van der Waals surface area (Å²) in [7, 11) is 0. The van der Waals surface area contributed by atoms with E-state index in [2.05, 4.69) is 175 Å². The molecule has 1 aliphatic heterocycles. The molecule has 2 heteroatoms. The largest absolute Gasteiger partial charge is 0.359 e. The number of aliphatic imine (C=N–C) groups is 1. The molecule has 7 aromatic carbocycles. The summed E-state index contributed by atoms with van der Waals surface area (Å²) in [6.07, 6.45) is 8.67. The van der Waals surface area contributed by atoms with Gasteiger partial charge >= 0.3 is 0 Å². The van der Waals surface area contributed by atoms with Crippen LogP contribution < -0.4 is 5.32 Å². The molecule has 2 nitrogen and oxygen atoms in total. The Balaban J connectivity index is 1.16. The highest BCUT2D eigenvalue weighted by Gasteiger charge is 2.52. The van der Waals surface area contributed by atoms with Crippen molar-refractivity contribution in [3.8, 4) is 44.5 Å². The summed E-state index contributed by atoms with van der Waals surface area (Å²) in [5.41, 5.74) is 20.0. The van der Waals surface area contributed by atoms with Crippen molar-refractivity contribution < 1.29 is 0 Å². The normalized spacial score (nSPS) is 19.3. The van der Waals surface area contributed by atoms with Gasteiger partial charge in [-0.2, -0.15) is 0 Å². The fourth-order valence-corrected chi connectivity index (χ4v) is 9.87. The second-order valence-electron chi connectivity index (χ2n) is 14.2. The van der Waals surface area contributed by atoms with Crippen LogP contribution in [-0.4, -0.2) is 11.9 Å². The van der Waals surface area contributed by atoms with Crippen LogP contribution in [0, 0.1) is 0 Å². The monoisotopic (exact) mass is 646 g/mol. The second kappa shape index (κ2) is 9.80. The van der Waals surface area contributed by atoms with Crippen molar-refractivity contribution in [3.63, 3.8) is 0 Å². The van der Waals surface area contributed by atoms with Crippen LogP contribution in [0.2, 0.25) is 0 Å². The first kappa shape index (κ1) is 27.3. The first-order valence-electron chi connectivity index (χ1n) is 17.8. The van der Waals surface area contributed by atoms with E-state index >= 15 is 0 Å². The molecular weight excluding hydrogens is 617 g/mol. The minimum atomic E-state index is -0.474. The van der Waals surface area contributed by atoms with Gasteiger partial charge in [0.1, 0.15) is 5.84 Å². The number of allylic oxidation sites excluding steroid dienone is 2. The number of amidine groups is 1. The molecule has 0 bridgehead atoms. The molecule has 1 N–H and O–H groups in total.